The van der Waals surface area contributed by atoms with E-state index in [-0.39, 0.29) is 11.1 Å². The highest BCUT2D eigenvalue weighted by atomic mass is 35.5. The summed E-state index contributed by atoms with van der Waals surface area (Å²) in [6.07, 6.45) is 0. The highest BCUT2D eigenvalue weighted by Gasteiger charge is 2.41. The third-order valence-electron chi connectivity index (χ3n) is 4.26. The van der Waals surface area contributed by atoms with Crippen molar-refractivity contribution in [1.29, 1.82) is 0 Å². The van der Waals surface area contributed by atoms with E-state index in [2.05, 4.69) is 5.32 Å². The Bertz CT molecular complexity index is 988. The van der Waals surface area contributed by atoms with Crippen LogP contribution >= 0.6 is 11.6 Å². The molecule has 0 saturated carbocycles. The van der Waals surface area contributed by atoms with Crippen molar-refractivity contribution in [2.45, 2.75) is 19.9 Å². The monoisotopic (exact) mass is 400 g/mol. The van der Waals surface area contributed by atoms with Crippen molar-refractivity contribution >= 4 is 41.0 Å². The van der Waals surface area contributed by atoms with Gasteiger partial charge in [-0.15, -0.1) is 0 Å². The fourth-order valence-electron chi connectivity index (χ4n) is 2.85. The normalized spacial score (nSPS) is 13.9. The second-order valence-corrected chi connectivity index (χ2v) is 6.81. The van der Waals surface area contributed by atoms with E-state index in [1.54, 1.807) is 49.4 Å². The summed E-state index contributed by atoms with van der Waals surface area (Å²) in [4.78, 5) is 50.1. The van der Waals surface area contributed by atoms with Crippen LogP contribution in [0.25, 0.3) is 0 Å². The Kier molecular flexibility index (Phi) is 5.46. The first-order valence-electron chi connectivity index (χ1n) is 8.48. The van der Waals surface area contributed by atoms with E-state index in [1.807, 2.05) is 0 Å². The zero-order chi connectivity index (χ0) is 20.4. The summed E-state index contributed by atoms with van der Waals surface area (Å²) in [5.74, 6) is -2.54. The number of halogens is 1. The first kappa shape index (κ1) is 19.6. The molecule has 1 aliphatic heterocycles. The molecule has 1 aliphatic rings. The van der Waals surface area contributed by atoms with E-state index in [9.17, 15) is 19.2 Å². The fraction of sp³-hybridized carbons (Fsp3) is 0.200. The van der Waals surface area contributed by atoms with E-state index < -0.39 is 36.3 Å². The molecule has 0 radical (unpaired) electrons. The van der Waals surface area contributed by atoms with Crippen molar-refractivity contribution in [3.05, 3.63) is 64.2 Å². The number of carbonyl (C=O) groups is 4. The molecule has 7 nitrogen and oxygen atoms in total. The number of carbonyl (C=O) groups excluding carboxylic acids is 4. The lowest BCUT2D eigenvalue weighted by molar-refractivity contribution is -0.150. The number of ether oxygens (including phenoxy) is 1. The molecule has 28 heavy (non-hydrogen) atoms. The van der Waals surface area contributed by atoms with Gasteiger partial charge in [0.2, 0.25) is 0 Å². The number of esters is 1. The second-order valence-electron chi connectivity index (χ2n) is 6.37. The number of hydrogen-bond donors (Lipinski definition) is 1. The van der Waals surface area contributed by atoms with Crippen molar-refractivity contribution in [2.75, 3.05) is 11.9 Å². The standard InChI is InChI=1S/C20H17ClN2O5/c1-11-6-7-15-16(8-11)19(26)23(18(15)25)12(2)20(27)28-10-17(24)22-14-5-3-4-13(21)9-14/h3-9,12H,10H2,1-2H3,(H,22,24). The van der Waals surface area contributed by atoms with Gasteiger partial charge in [0.05, 0.1) is 11.1 Å². The van der Waals surface area contributed by atoms with Crippen molar-refractivity contribution in [3.63, 3.8) is 0 Å². The van der Waals surface area contributed by atoms with Gasteiger partial charge in [0.1, 0.15) is 6.04 Å². The van der Waals surface area contributed by atoms with Gasteiger partial charge in [0.15, 0.2) is 6.61 Å². The van der Waals surface area contributed by atoms with Crippen LogP contribution in [0.5, 0.6) is 0 Å². The van der Waals surface area contributed by atoms with Crippen LogP contribution in [0.4, 0.5) is 5.69 Å². The Morgan fingerprint density at radius 1 is 1.11 bits per heavy atom. The molecule has 0 aliphatic carbocycles. The molecule has 2 aromatic rings. The summed E-state index contributed by atoms with van der Waals surface area (Å²) in [5.41, 5.74) is 1.78. The van der Waals surface area contributed by atoms with Crippen LogP contribution in [0.15, 0.2) is 42.5 Å². The lowest BCUT2D eigenvalue weighted by atomic mass is 10.1. The van der Waals surface area contributed by atoms with E-state index in [4.69, 9.17) is 16.3 Å². The van der Waals surface area contributed by atoms with Gasteiger partial charge in [0.25, 0.3) is 17.7 Å². The van der Waals surface area contributed by atoms with Crippen LogP contribution in [0.1, 0.15) is 33.2 Å². The predicted octanol–water partition coefficient (Wildman–Crippen LogP) is 2.81. The van der Waals surface area contributed by atoms with Gasteiger partial charge in [-0.05, 0) is 44.2 Å². The van der Waals surface area contributed by atoms with Crippen LogP contribution in [0.3, 0.4) is 0 Å². The number of aryl methyl sites for hydroxylation is 1. The smallest absolute Gasteiger partial charge is 0.329 e. The Hall–Kier alpha value is -3.19. The van der Waals surface area contributed by atoms with Gasteiger partial charge < -0.3 is 10.1 Å². The number of benzene rings is 2. The van der Waals surface area contributed by atoms with Crippen LogP contribution in [0.2, 0.25) is 5.02 Å². The van der Waals surface area contributed by atoms with Crippen LogP contribution < -0.4 is 5.32 Å². The van der Waals surface area contributed by atoms with Crippen LogP contribution in [0, 0.1) is 6.92 Å². The number of anilines is 1. The molecule has 0 saturated heterocycles. The van der Waals surface area contributed by atoms with Gasteiger partial charge in [-0.3, -0.25) is 19.3 Å². The van der Waals surface area contributed by atoms with Crippen molar-refractivity contribution in [2.24, 2.45) is 0 Å². The number of nitrogens with one attached hydrogen (secondary N) is 1. The molecular formula is C20H17ClN2O5. The van der Waals surface area contributed by atoms with E-state index in [0.29, 0.717) is 10.7 Å². The highest BCUT2D eigenvalue weighted by molar-refractivity contribution is 6.30. The summed E-state index contributed by atoms with van der Waals surface area (Å²) < 4.78 is 4.97. The minimum absolute atomic E-state index is 0.244. The Balaban J connectivity index is 1.61. The first-order chi connectivity index (χ1) is 13.3. The Morgan fingerprint density at radius 3 is 2.54 bits per heavy atom. The number of imide groups is 1. The Morgan fingerprint density at radius 2 is 1.82 bits per heavy atom. The quantitative estimate of drug-likeness (QED) is 0.615. The maximum absolute atomic E-state index is 12.5. The van der Waals surface area contributed by atoms with Gasteiger partial charge in [-0.2, -0.15) is 0 Å². The molecule has 1 atom stereocenters. The lowest BCUT2D eigenvalue weighted by Crippen LogP contribution is -2.44. The number of hydrogen-bond acceptors (Lipinski definition) is 5. The zero-order valence-corrected chi connectivity index (χ0v) is 15.9. The number of amides is 3. The molecule has 1 heterocycles. The average molecular weight is 401 g/mol. The highest BCUT2D eigenvalue weighted by Crippen LogP contribution is 2.26. The van der Waals surface area contributed by atoms with Crippen molar-refractivity contribution in [1.82, 2.24) is 4.90 Å². The molecule has 0 bridgehead atoms. The van der Waals surface area contributed by atoms with E-state index >= 15 is 0 Å². The molecule has 144 valence electrons. The largest absolute Gasteiger partial charge is 0.454 e. The predicted molar refractivity (Wildman–Crippen MR) is 102 cm³/mol. The number of nitrogens with zero attached hydrogens (tertiary/aromatic N) is 1. The van der Waals surface area contributed by atoms with Gasteiger partial charge in [0, 0.05) is 10.7 Å². The summed E-state index contributed by atoms with van der Waals surface area (Å²) in [6.45, 7) is 2.63. The van der Waals surface area contributed by atoms with E-state index in [0.717, 1.165) is 10.5 Å². The van der Waals surface area contributed by atoms with Gasteiger partial charge in [-0.25, -0.2) is 4.79 Å². The molecule has 3 rings (SSSR count). The summed E-state index contributed by atoms with van der Waals surface area (Å²) >= 11 is 5.84. The van der Waals surface area contributed by atoms with Gasteiger partial charge >= 0.3 is 5.97 Å². The molecule has 2 aromatic carbocycles. The molecule has 8 heteroatoms. The third-order valence-corrected chi connectivity index (χ3v) is 4.49. The molecule has 0 fully saturated rings. The topological polar surface area (TPSA) is 92.8 Å². The lowest BCUT2D eigenvalue weighted by Gasteiger charge is -2.20. The first-order valence-corrected chi connectivity index (χ1v) is 8.86. The van der Waals surface area contributed by atoms with Crippen molar-refractivity contribution in [3.8, 4) is 0 Å². The Labute approximate surface area is 166 Å². The maximum Gasteiger partial charge on any atom is 0.329 e. The van der Waals surface area contributed by atoms with E-state index in [1.165, 1.54) is 6.92 Å². The minimum Gasteiger partial charge on any atom is -0.454 e. The molecule has 3 amide bonds. The number of fused-ring (bicyclic) bond motifs is 1. The minimum atomic E-state index is -1.16. The molecular weight excluding hydrogens is 384 g/mol. The van der Waals surface area contributed by atoms with Crippen molar-refractivity contribution < 1.29 is 23.9 Å². The average Bonchev–Trinajstić information content (AvgIpc) is 2.89. The molecule has 0 spiro atoms. The second kappa shape index (κ2) is 7.82. The summed E-state index contributed by atoms with van der Waals surface area (Å²) in [7, 11) is 0. The zero-order valence-electron chi connectivity index (χ0n) is 15.2. The summed E-state index contributed by atoms with van der Waals surface area (Å²) in [5, 5.41) is 2.98. The van der Waals surface area contributed by atoms with Crippen LogP contribution in [-0.2, 0) is 14.3 Å². The number of rotatable bonds is 5. The fourth-order valence-corrected chi connectivity index (χ4v) is 3.04. The maximum atomic E-state index is 12.5. The SMILES string of the molecule is Cc1ccc2c(c1)C(=O)N(C(C)C(=O)OCC(=O)Nc1cccc(Cl)c1)C2=O. The third kappa shape index (κ3) is 3.89. The van der Waals surface area contributed by atoms with Gasteiger partial charge in [-0.1, -0.05) is 29.3 Å². The summed E-state index contributed by atoms with van der Waals surface area (Å²) in [6, 6.07) is 10.2. The van der Waals surface area contributed by atoms with Crippen LogP contribution in [-0.4, -0.2) is 41.2 Å². The molecule has 0 aromatic heterocycles. The molecule has 1 N–H and O–H groups in total. The molecule has 1 unspecified atom stereocenters.